The maximum atomic E-state index is 12.8. The predicted octanol–water partition coefficient (Wildman–Crippen LogP) is 4.10. The Kier molecular flexibility index (Phi) is 5.77. The van der Waals surface area contributed by atoms with Crippen molar-refractivity contribution in [3.8, 4) is 0 Å². The average molecular weight is 407 g/mol. The summed E-state index contributed by atoms with van der Waals surface area (Å²) in [6.07, 6.45) is 3.13. The van der Waals surface area contributed by atoms with Gasteiger partial charge in [0.05, 0.1) is 21.2 Å². The van der Waals surface area contributed by atoms with Gasteiger partial charge < -0.3 is 4.90 Å². The Bertz CT molecular complexity index is 936. The molecular formula is C20H23ClN2O3S. The highest BCUT2D eigenvalue weighted by Crippen LogP contribution is 2.28. The number of rotatable bonds is 4. The topological polar surface area (TPSA) is 57.7 Å². The molecule has 0 aliphatic carbocycles. The zero-order valence-corrected chi connectivity index (χ0v) is 17.1. The summed E-state index contributed by atoms with van der Waals surface area (Å²) in [6.45, 7) is 3.37. The summed E-state index contributed by atoms with van der Waals surface area (Å²) in [4.78, 5) is 14.7. The quantitative estimate of drug-likeness (QED) is 0.768. The zero-order chi connectivity index (χ0) is 19.6. The first-order valence-corrected chi connectivity index (χ1v) is 10.8. The van der Waals surface area contributed by atoms with Crippen LogP contribution in [0.4, 0.5) is 5.69 Å². The molecule has 2 aromatic rings. The maximum absolute atomic E-state index is 12.8. The minimum absolute atomic E-state index is 0.102. The van der Waals surface area contributed by atoms with Crippen LogP contribution in [0.15, 0.2) is 47.4 Å². The summed E-state index contributed by atoms with van der Waals surface area (Å²) in [7, 11) is -2.22. The van der Waals surface area contributed by atoms with E-state index in [2.05, 4.69) is 0 Å². The second-order valence-corrected chi connectivity index (χ2v) is 9.18. The molecule has 0 unspecified atom stereocenters. The van der Waals surface area contributed by atoms with Gasteiger partial charge in [-0.15, -0.1) is 0 Å². The van der Waals surface area contributed by atoms with Crippen molar-refractivity contribution >= 4 is 33.2 Å². The van der Waals surface area contributed by atoms with Gasteiger partial charge in [0.2, 0.25) is 0 Å². The molecule has 1 saturated heterocycles. The van der Waals surface area contributed by atoms with Crippen LogP contribution in [0.3, 0.4) is 0 Å². The third-order valence-electron chi connectivity index (χ3n) is 4.87. The van der Waals surface area contributed by atoms with Crippen LogP contribution >= 0.6 is 11.6 Å². The minimum Gasteiger partial charge on any atom is -0.339 e. The Balaban J connectivity index is 1.86. The summed E-state index contributed by atoms with van der Waals surface area (Å²) in [5.74, 6) is -0.102. The second kappa shape index (κ2) is 7.90. The molecule has 7 heteroatoms. The third kappa shape index (κ3) is 4.12. The fourth-order valence-corrected chi connectivity index (χ4v) is 4.59. The number of hydrogen-bond acceptors (Lipinski definition) is 3. The molecule has 0 N–H and O–H groups in total. The van der Waals surface area contributed by atoms with E-state index in [1.165, 1.54) is 17.4 Å². The molecule has 0 atom stereocenters. The van der Waals surface area contributed by atoms with Crippen molar-refractivity contribution in [3.05, 3.63) is 58.6 Å². The van der Waals surface area contributed by atoms with Gasteiger partial charge in [-0.05, 0) is 56.5 Å². The highest BCUT2D eigenvalue weighted by atomic mass is 35.5. The number of sulfonamides is 1. The molecule has 1 fully saturated rings. The van der Waals surface area contributed by atoms with Gasteiger partial charge in [0.25, 0.3) is 15.9 Å². The monoisotopic (exact) mass is 406 g/mol. The molecule has 1 aliphatic heterocycles. The molecule has 5 nitrogen and oxygen atoms in total. The number of anilines is 1. The molecule has 0 spiro atoms. The van der Waals surface area contributed by atoms with Gasteiger partial charge in [0, 0.05) is 20.1 Å². The number of halogens is 1. The van der Waals surface area contributed by atoms with E-state index >= 15 is 0 Å². The van der Waals surface area contributed by atoms with Crippen molar-refractivity contribution in [1.82, 2.24) is 4.90 Å². The minimum atomic E-state index is -3.70. The van der Waals surface area contributed by atoms with Crippen molar-refractivity contribution in [1.29, 1.82) is 0 Å². The first-order valence-electron chi connectivity index (χ1n) is 8.95. The van der Waals surface area contributed by atoms with Crippen LogP contribution in [0.2, 0.25) is 5.02 Å². The summed E-state index contributed by atoms with van der Waals surface area (Å²) < 4.78 is 26.8. The van der Waals surface area contributed by atoms with Crippen molar-refractivity contribution in [2.24, 2.45) is 0 Å². The maximum Gasteiger partial charge on any atom is 0.264 e. The van der Waals surface area contributed by atoms with E-state index in [4.69, 9.17) is 11.6 Å². The predicted molar refractivity (Wildman–Crippen MR) is 108 cm³/mol. The van der Waals surface area contributed by atoms with E-state index in [0.717, 1.165) is 37.9 Å². The molecular weight excluding hydrogens is 384 g/mol. The third-order valence-corrected chi connectivity index (χ3v) is 6.98. The summed E-state index contributed by atoms with van der Waals surface area (Å²) >= 11 is 6.34. The molecule has 144 valence electrons. The number of nitrogens with zero attached hydrogens (tertiary/aromatic N) is 2. The fourth-order valence-electron chi connectivity index (χ4n) is 3.15. The number of piperidine rings is 1. The Morgan fingerprint density at radius 2 is 1.67 bits per heavy atom. The number of amides is 1. The number of carbonyl (C=O) groups is 1. The van der Waals surface area contributed by atoms with E-state index < -0.39 is 10.0 Å². The van der Waals surface area contributed by atoms with Crippen molar-refractivity contribution in [3.63, 3.8) is 0 Å². The van der Waals surface area contributed by atoms with E-state index in [1.807, 2.05) is 6.92 Å². The summed E-state index contributed by atoms with van der Waals surface area (Å²) in [5, 5.41) is 0.258. The van der Waals surface area contributed by atoms with Gasteiger partial charge in [-0.1, -0.05) is 29.3 Å². The molecule has 3 rings (SSSR count). The highest BCUT2D eigenvalue weighted by Gasteiger charge is 2.24. The Hall–Kier alpha value is -2.05. The van der Waals surface area contributed by atoms with Crippen LogP contribution in [0.5, 0.6) is 0 Å². The molecule has 0 saturated carbocycles. The van der Waals surface area contributed by atoms with Gasteiger partial charge in [-0.3, -0.25) is 9.10 Å². The summed E-state index contributed by atoms with van der Waals surface area (Å²) in [5.41, 5.74) is 1.81. The van der Waals surface area contributed by atoms with E-state index in [9.17, 15) is 13.2 Å². The molecule has 2 aromatic carbocycles. The first-order chi connectivity index (χ1) is 12.8. The first kappa shape index (κ1) is 19.7. The zero-order valence-electron chi connectivity index (χ0n) is 15.5. The van der Waals surface area contributed by atoms with E-state index in [-0.39, 0.29) is 15.8 Å². The average Bonchev–Trinajstić information content (AvgIpc) is 2.68. The normalized spacial score (nSPS) is 14.9. The van der Waals surface area contributed by atoms with Crippen LogP contribution in [0.25, 0.3) is 0 Å². The number of aryl methyl sites for hydroxylation is 1. The van der Waals surface area contributed by atoms with Gasteiger partial charge >= 0.3 is 0 Å². The van der Waals surface area contributed by atoms with Crippen LogP contribution in [-0.4, -0.2) is 39.4 Å². The van der Waals surface area contributed by atoms with Crippen LogP contribution in [0, 0.1) is 6.92 Å². The van der Waals surface area contributed by atoms with Gasteiger partial charge in [0.15, 0.2) is 0 Å². The Labute approximate surface area is 165 Å². The number of benzene rings is 2. The standard InChI is InChI=1S/C20H23ClN2O3S/c1-15-6-9-17(10-7-15)27(25,26)22(2)16-8-11-18(19(21)14-16)20(24)23-12-4-3-5-13-23/h6-11,14H,3-5,12-13H2,1-2H3. The van der Waals surface area contributed by atoms with E-state index in [0.29, 0.717) is 11.3 Å². The molecule has 1 heterocycles. The van der Waals surface area contributed by atoms with Crippen molar-refractivity contribution < 1.29 is 13.2 Å². The molecule has 1 aliphatic rings. The Morgan fingerprint density at radius 3 is 2.26 bits per heavy atom. The lowest BCUT2D eigenvalue weighted by atomic mass is 10.1. The lowest BCUT2D eigenvalue weighted by Gasteiger charge is -2.27. The van der Waals surface area contributed by atoms with Gasteiger partial charge in [0.1, 0.15) is 0 Å². The summed E-state index contributed by atoms with van der Waals surface area (Å²) in [6, 6.07) is 11.4. The highest BCUT2D eigenvalue weighted by molar-refractivity contribution is 7.92. The molecule has 0 bridgehead atoms. The van der Waals surface area contributed by atoms with Gasteiger partial charge in [-0.25, -0.2) is 8.42 Å². The fraction of sp³-hybridized carbons (Fsp3) is 0.350. The second-order valence-electron chi connectivity index (χ2n) is 6.80. The lowest BCUT2D eigenvalue weighted by molar-refractivity contribution is 0.0724. The van der Waals surface area contributed by atoms with Gasteiger partial charge in [-0.2, -0.15) is 0 Å². The van der Waals surface area contributed by atoms with Crippen molar-refractivity contribution in [2.75, 3.05) is 24.4 Å². The number of hydrogen-bond donors (Lipinski definition) is 0. The lowest BCUT2D eigenvalue weighted by Crippen LogP contribution is -2.35. The molecule has 27 heavy (non-hydrogen) atoms. The molecule has 0 aromatic heterocycles. The van der Waals surface area contributed by atoms with Crippen LogP contribution in [0.1, 0.15) is 35.2 Å². The number of carbonyl (C=O) groups excluding carboxylic acids is 1. The smallest absolute Gasteiger partial charge is 0.264 e. The number of likely N-dealkylation sites (tertiary alicyclic amines) is 1. The SMILES string of the molecule is Cc1ccc(S(=O)(=O)N(C)c2ccc(C(=O)N3CCCCC3)c(Cl)c2)cc1. The van der Waals surface area contributed by atoms with Crippen molar-refractivity contribution in [2.45, 2.75) is 31.1 Å². The largest absolute Gasteiger partial charge is 0.339 e. The van der Waals surface area contributed by atoms with Crippen LogP contribution in [-0.2, 0) is 10.0 Å². The van der Waals surface area contributed by atoms with E-state index in [1.54, 1.807) is 41.3 Å². The molecule has 1 amide bonds. The molecule has 0 radical (unpaired) electrons. The Morgan fingerprint density at radius 1 is 1.04 bits per heavy atom. The van der Waals surface area contributed by atoms with Crippen LogP contribution < -0.4 is 4.31 Å².